The molecule has 3 aromatic carbocycles. The van der Waals surface area contributed by atoms with Gasteiger partial charge in [-0.25, -0.2) is 4.68 Å². The van der Waals surface area contributed by atoms with Crippen LogP contribution in [0.3, 0.4) is 0 Å². The third-order valence-corrected chi connectivity index (χ3v) is 6.47. The van der Waals surface area contributed by atoms with Crippen LogP contribution in [0.15, 0.2) is 78.6 Å². The molecule has 0 amide bonds. The molecule has 0 bridgehead atoms. The molecule has 0 saturated heterocycles. The topological polar surface area (TPSA) is 79.7 Å². The van der Waals surface area contributed by atoms with Crippen molar-refractivity contribution < 1.29 is 18.9 Å². The first-order valence-electron chi connectivity index (χ1n) is 11.2. The van der Waals surface area contributed by atoms with Crippen LogP contribution in [0, 0.1) is 0 Å². The average molecular weight is 469 g/mol. The van der Waals surface area contributed by atoms with Crippen LogP contribution in [0.25, 0.3) is 5.70 Å². The molecule has 8 heteroatoms. The summed E-state index contributed by atoms with van der Waals surface area (Å²) in [7, 11) is 4.93. The van der Waals surface area contributed by atoms with Crippen LogP contribution < -0.4 is 24.3 Å². The quantitative estimate of drug-likeness (QED) is 0.448. The minimum absolute atomic E-state index is 0.274. The fourth-order valence-electron chi connectivity index (χ4n) is 4.90. The van der Waals surface area contributed by atoms with Gasteiger partial charge in [0, 0.05) is 16.7 Å². The zero-order valence-corrected chi connectivity index (χ0v) is 19.6. The molecule has 4 aromatic rings. The Hall–Kier alpha value is -4.46. The van der Waals surface area contributed by atoms with Crippen molar-refractivity contribution in [1.29, 1.82) is 0 Å². The monoisotopic (exact) mass is 468 g/mol. The predicted octanol–water partition coefficient (Wildman–Crippen LogP) is 4.86. The first-order valence-corrected chi connectivity index (χ1v) is 11.2. The summed E-state index contributed by atoms with van der Waals surface area (Å²) in [4.78, 5) is 4.49. The number of anilines is 1. The molecule has 8 nitrogen and oxygen atoms in total. The van der Waals surface area contributed by atoms with E-state index in [0.29, 0.717) is 17.4 Å². The average Bonchev–Trinajstić information content (AvgIpc) is 3.39. The third-order valence-electron chi connectivity index (χ3n) is 6.47. The summed E-state index contributed by atoms with van der Waals surface area (Å²) in [5, 5.41) is 8.09. The molecule has 0 fully saturated rings. The van der Waals surface area contributed by atoms with Gasteiger partial charge in [-0.1, -0.05) is 36.4 Å². The predicted molar refractivity (Wildman–Crippen MR) is 131 cm³/mol. The second kappa shape index (κ2) is 8.39. The number of hydrogen-bond donors (Lipinski definition) is 1. The molecular weight excluding hydrogens is 444 g/mol. The van der Waals surface area contributed by atoms with Gasteiger partial charge < -0.3 is 24.3 Å². The zero-order valence-electron chi connectivity index (χ0n) is 19.6. The summed E-state index contributed by atoms with van der Waals surface area (Å²) >= 11 is 0. The van der Waals surface area contributed by atoms with Gasteiger partial charge in [0.2, 0.25) is 5.95 Å². The molecule has 0 spiro atoms. The van der Waals surface area contributed by atoms with Crippen LogP contribution in [0.4, 0.5) is 5.95 Å². The van der Waals surface area contributed by atoms with Gasteiger partial charge in [0.1, 0.15) is 23.9 Å². The van der Waals surface area contributed by atoms with Crippen molar-refractivity contribution in [2.45, 2.75) is 12.1 Å². The number of methoxy groups -OCH3 is 3. The van der Waals surface area contributed by atoms with E-state index >= 15 is 0 Å². The second-order valence-corrected chi connectivity index (χ2v) is 8.24. The van der Waals surface area contributed by atoms with E-state index in [4.69, 9.17) is 18.9 Å². The summed E-state index contributed by atoms with van der Waals surface area (Å²) in [5.41, 5.74) is 4.80. The van der Waals surface area contributed by atoms with E-state index in [1.54, 1.807) is 27.7 Å². The molecule has 2 unspecified atom stereocenters. The maximum Gasteiger partial charge on any atom is 0.226 e. The molecule has 6 rings (SSSR count). The highest BCUT2D eigenvalue weighted by atomic mass is 16.5. The standard InChI is InChI=1S/C27H24N4O4/c1-32-17-13-11-16(12-14-17)24-22-23(30-27-28-15-29-31(24)27)18-7-4-5-9-20(18)35-26(22)19-8-6-10-21(33-2)25(19)34-3/h4-15,24,26H,1-3H3,(H,28,29,30). The summed E-state index contributed by atoms with van der Waals surface area (Å²) in [5.74, 6) is 3.49. The van der Waals surface area contributed by atoms with Crippen LogP contribution >= 0.6 is 0 Å². The Kier molecular flexibility index (Phi) is 5.06. The van der Waals surface area contributed by atoms with Crippen molar-refractivity contribution in [1.82, 2.24) is 14.8 Å². The Morgan fingerprint density at radius 1 is 0.886 bits per heavy atom. The molecule has 176 valence electrons. The van der Waals surface area contributed by atoms with Gasteiger partial charge >= 0.3 is 0 Å². The van der Waals surface area contributed by atoms with Crippen molar-refractivity contribution in [2.75, 3.05) is 26.6 Å². The van der Waals surface area contributed by atoms with Crippen LogP contribution in [-0.4, -0.2) is 36.1 Å². The maximum atomic E-state index is 6.70. The van der Waals surface area contributed by atoms with Gasteiger partial charge in [0.25, 0.3) is 0 Å². The number of hydrogen-bond acceptors (Lipinski definition) is 7. The lowest BCUT2D eigenvalue weighted by Crippen LogP contribution is -2.32. The maximum absolute atomic E-state index is 6.70. The van der Waals surface area contributed by atoms with Gasteiger partial charge in [0.05, 0.1) is 27.0 Å². The highest BCUT2D eigenvalue weighted by Gasteiger charge is 2.42. The van der Waals surface area contributed by atoms with Crippen LogP contribution in [0.1, 0.15) is 28.8 Å². The van der Waals surface area contributed by atoms with Crippen LogP contribution in [-0.2, 0) is 0 Å². The third kappa shape index (κ3) is 3.29. The molecule has 2 aliphatic heterocycles. The van der Waals surface area contributed by atoms with E-state index in [1.807, 2.05) is 71.4 Å². The second-order valence-electron chi connectivity index (χ2n) is 8.24. The number of ether oxygens (including phenoxy) is 4. The number of para-hydroxylation sites is 2. The molecule has 0 radical (unpaired) electrons. The summed E-state index contributed by atoms with van der Waals surface area (Å²) < 4.78 is 25.4. The Balaban J connectivity index is 1.62. The number of nitrogens with one attached hydrogen (secondary N) is 1. The lowest BCUT2D eigenvalue weighted by molar-refractivity contribution is 0.216. The van der Waals surface area contributed by atoms with Crippen LogP contribution in [0.2, 0.25) is 0 Å². The number of fused-ring (bicyclic) bond motifs is 3. The molecule has 3 heterocycles. The van der Waals surface area contributed by atoms with E-state index in [-0.39, 0.29) is 6.04 Å². The van der Waals surface area contributed by atoms with Crippen LogP contribution in [0.5, 0.6) is 23.0 Å². The van der Waals surface area contributed by atoms with E-state index < -0.39 is 6.10 Å². The smallest absolute Gasteiger partial charge is 0.226 e. The van der Waals surface area contributed by atoms with Gasteiger partial charge in [0.15, 0.2) is 17.6 Å². The number of benzene rings is 3. The first kappa shape index (κ1) is 21.1. The number of aromatic nitrogens is 3. The summed E-state index contributed by atoms with van der Waals surface area (Å²) in [6, 6.07) is 21.5. The lowest BCUT2D eigenvalue weighted by atomic mass is 9.84. The molecule has 35 heavy (non-hydrogen) atoms. The Morgan fingerprint density at radius 2 is 1.71 bits per heavy atom. The zero-order chi connectivity index (χ0) is 23.9. The SMILES string of the molecule is COc1ccc(C2C3=C(Nc4ncnn42)c2ccccc2OC3c2cccc(OC)c2OC)cc1. The summed E-state index contributed by atoms with van der Waals surface area (Å²) in [6.45, 7) is 0. The van der Waals surface area contributed by atoms with E-state index in [2.05, 4.69) is 15.4 Å². The Labute approximate surface area is 202 Å². The van der Waals surface area contributed by atoms with Crippen molar-refractivity contribution in [3.63, 3.8) is 0 Å². The molecule has 2 atom stereocenters. The van der Waals surface area contributed by atoms with Gasteiger partial charge in [-0.15, -0.1) is 0 Å². The van der Waals surface area contributed by atoms with E-state index in [9.17, 15) is 0 Å². The fraction of sp³-hybridized carbons (Fsp3) is 0.185. The van der Waals surface area contributed by atoms with Gasteiger partial charge in [-0.3, -0.25) is 0 Å². The molecule has 0 saturated carbocycles. The number of rotatable bonds is 5. The van der Waals surface area contributed by atoms with Crippen molar-refractivity contribution in [2.24, 2.45) is 0 Å². The largest absolute Gasteiger partial charge is 0.497 e. The molecule has 1 N–H and O–H groups in total. The molecule has 1 aromatic heterocycles. The van der Waals surface area contributed by atoms with Gasteiger partial charge in [-0.2, -0.15) is 10.1 Å². The minimum atomic E-state index is -0.470. The highest BCUT2D eigenvalue weighted by Crippen LogP contribution is 2.52. The Bertz CT molecular complexity index is 1430. The molecule has 2 aliphatic rings. The fourth-order valence-corrected chi connectivity index (χ4v) is 4.90. The molecule has 0 aliphatic carbocycles. The number of nitrogens with zero attached hydrogens (tertiary/aromatic N) is 3. The Morgan fingerprint density at radius 3 is 2.49 bits per heavy atom. The normalized spacial score (nSPS) is 17.9. The molecular formula is C27H24N4O4. The van der Waals surface area contributed by atoms with Crippen molar-refractivity contribution in [3.05, 3.63) is 95.3 Å². The van der Waals surface area contributed by atoms with Crippen molar-refractivity contribution >= 4 is 11.6 Å². The summed E-state index contributed by atoms with van der Waals surface area (Å²) in [6.07, 6.45) is 1.09. The lowest BCUT2D eigenvalue weighted by Gasteiger charge is -2.39. The van der Waals surface area contributed by atoms with E-state index in [1.165, 1.54) is 0 Å². The van der Waals surface area contributed by atoms with Crippen molar-refractivity contribution in [3.8, 4) is 23.0 Å². The minimum Gasteiger partial charge on any atom is -0.497 e. The van der Waals surface area contributed by atoms with E-state index in [0.717, 1.165) is 39.5 Å². The highest BCUT2D eigenvalue weighted by molar-refractivity contribution is 5.85. The first-order chi connectivity index (χ1) is 17.2. The van der Waals surface area contributed by atoms with Gasteiger partial charge in [-0.05, 0) is 35.9 Å².